The summed E-state index contributed by atoms with van der Waals surface area (Å²) < 4.78 is 1.91. The summed E-state index contributed by atoms with van der Waals surface area (Å²) in [6.07, 6.45) is 3.92. The Hall–Kier alpha value is -3.49. The number of aliphatic imine (C=N–C) groups is 1. The van der Waals surface area contributed by atoms with Crippen LogP contribution in [0.25, 0.3) is 5.65 Å². The largest absolute Gasteiger partial charge is 0.356 e. The molecule has 0 aliphatic carbocycles. The fraction of sp³-hybridized carbons (Fsp3) is 0.278. The standard InChI is InChI=1S/C18H22N8O/c1-13-6-7-14(21-11-13)23-17(27)8-9-20-18(19-2)22-12-16-25-24-15-5-3-4-10-26(15)16/h3-7,10-11H,8-9,12H2,1-2H3,(H2,19,20,22)(H,21,23,27). The van der Waals surface area contributed by atoms with Crippen molar-refractivity contribution in [2.24, 2.45) is 4.99 Å². The van der Waals surface area contributed by atoms with E-state index in [4.69, 9.17) is 0 Å². The van der Waals surface area contributed by atoms with Gasteiger partial charge in [0, 0.05) is 32.4 Å². The van der Waals surface area contributed by atoms with E-state index >= 15 is 0 Å². The van der Waals surface area contributed by atoms with E-state index in [-0.39, 0.29) is 5.91 Å². The number of hydrogen-bond donors (Lipinski definition) is 3. The predicted molar refractivity (Wildman–Crippen MR) is 103 cm³/mol. The number of pyridine rings is 2. The molecule has 0 radical (unpaired) electrons. The number of amides is 1. The maximum absolute atomic E-state index is 12.0. The lowest BCUT2D eigenvalue weighted by Gasteiger charge is -2.11. The van der Waals surface area contributed by atoms with Gasteiger partial charge in [0.05, 0.1) is 6.54 Å². The van der Waals surface area contributed by atoms with Gasteiger partial charge in [-0.05, 0) is 30.7 Å². The molecule has 0 aliphatic heterocycles. The van der Waals surface area contributed by atoms with Crippen LogP contribution in [0.1, 0.15) is 17.8 Å². The number of aryl methyl sites for hydroxylation is 1. The molecule has 0 unspecified atom stereocenters. The number of fused-ring (bicyclic) bond motifs is 1. The number of anilines is 1. The molecule has 27 heavy (non-hydrogen) atoms. The third-order valence-corrected chi connectivity index (χ3v) is 3.85. The highest BCUT2D eigenvalue weighted by Gasteiger charge is 2.07. The molecule has 3 rings (SSSR count). The quantitative estimate of drug-likeness (QED) is 0.446. The second kappa shape index (κ2) is 8.75. The molecule has 0 spiro atoms. The minimum Gasteiger partial charge on any atom is -0.356 e. The van der Waals surface area contributed by atoms with Crippen LogP contribution in [0.15, 0.2) is 47.7 Å². The Bertz CT molecular complexity index is 932. The molecular formula is C18H22N8O. The first-order chi connectivity index (χ1) is 13.2. The zero-order chi connectivity index (χ0) is 19.1. The van der Waals surface area contributed by atoms with Gasteiger partial charge in [-0.3, -0.25) is 14.2 Å². The number of aromatic nitrogens is 4. The van der Waals surface area contributed by atoms with Crippen molar-refractivity contribution in [3.63, 3.8) is 0 Å². The minimum absolute atomic E-state index is 0.113. The Morgan fingerprint density at radius 2 is 2.07 bits per heavy atom. The highest BCUT2D eigenvalue weighted by atomic mass is 16.1. The molecule has 0 fully saturated rings. The third-order valence-electron chi connectivity index (χ3n) is 3.85. The van der Waals surface area contributed by atoms with Gasteiger partial charge in [0.25, 0.3) is 0 Å². The summed E-state index contributed by atoms with van der Waals surface area (Å²) in [6, 6.07) is 9.42. The summed E-state index contributed by atoms with van der Waals surface area (Å²) in [4.78, 5) is 20.3. The number of carbonyl (C=O) groups excluding carboxylic acids is 1. The van der Waals surface area contributed by atoms with Crippen molar-refractivity contribution in [2.75, 3.05) is 18.9 Å². The Morgan fingerprint density at radius 1 is 1.19 bits per heavy atom. The van der Waals surface area contributed by atoms with Crippen LogP contribution >= 0.6 is 0 Å². The molecule has 0 saturated heterocycles. The molecule has 1 amide bonds. The van der Waals surface area contributed by atoms with Gasteiger partial charge in [0.15, 0.2) is 17.4 Å². The monoisotopic (exact) mass is 366 g/mol. The summed E-state index contributed by atoms with van der Waals surface area (Å²) in [5, 5.41) is 17.3. The van der Waals surface area contributed by atoms with Crippen LogP contribution in [0.3, 0.4) is 0 Å². The van der Waals surface area contributed by atoms with E-state index in [1.165, 1.54) is 0 Å². The maximum Gasteiger partial charge on any atom is 0.227 e. The van der Waals surface area contributed by atoms with Gasteiger partial charge in [-0.25, -0.2) is 4.98 Å². The lowest BCUT2D eigenvalue weighted by Crippen LogP contribution is -2.38. The van der Waals surface area contributed by atoms with Crippen molar-refractivity contribution in [3.8, 4) is 0 Å². The van der Waals surface area contributed by atoms with Crippen LogP contribution in [-0.2, 0) is 11.3 Å². The van der Waals surface area contributed by atoms with E-state index in [2.05, 4.69) is 36.1 Å². The number of nitrogens with one attached hydrogen (secondary N) is 3. The summed E-state index contributed by atoms with van der Waals surface area (Å²) in [5.41, 5.74) is 1.84. The molecular weight excluding hydrogens is 344 g/mol. The average molecular weight is 366 g/mol. The summed E-state index contributed by atoms with van der Waals surface area (Å²) in [6.45, 7) is 2.85. The zero-order valence-corrected chi connectivity index (χ0v) is 15.3. The van der Waals surface area contributed by atoms with Crippen LogP contribution in [0.2, 0.25) is 0 Å². The van der Waals surface area contributed by atoms with Crippen LogP contribution in [0, 0.1) is 6.92 Å². The Morgan fingerprint density at radius 3 is 2.85 bits per heavy atom. The fourth-order valence-electron chi connectivity index (χ4n) is 2.44. The molecule has 3 heterocycles. The molecule has 3 N–H and O–H groups in total. The predicted octanol–water partition coefficient (Wildman–Crippen LogP) is 1.13. The van der Waals surface area contributed by atoms with E-state index in [1.807, 2.05) is 41.8 Å². The van der Waals surface area contributed by atoms with Gasteiger partial charge in [-0.1, -0.05) is 12.1 Å². The minimum atomic E-state index is -0.113. The molecule has 3 aromatic heterocycles. The molecule has 0 bridgehead atoms. The number of nitrogens with zero attached hydrogens (tertiary/aromatic N) is 5. The smallest absolute Gasteiger partial charge is 0.227 e. The second-order valence-electron chi connectivity index (χ2n) is 5.92. The summed E-state index contributed by atoms with van der Waals surface area (Å²) in [5.74, 6) is 1.80. The Balaban J connectivity index is 1.43. The number of carbonyl (C=O) groups is 1. The van der Waals surface area contributed by atoms with Crippen molar-refractivity contribution < 1.29 is 4.79 Å². The van der Waals surface area contributed by atoms with Crippen LogP contribution in [0.5, 0.6) is 0 Å². The number of rotatable bonds is 6. The molecule has 0 atom stereocenters. The SMILES string of the molecule is CN=C(NCCC(=O)Nc1ccc(C)cn1)NCc1nnc2ccccn12. The molecule has 0 saturated carbocycles. The molecule has 9 nitrogen and oxygen atoms in total. The molecule has 140 valence electrons. The lowest BCUT2D eigenvalue weighted by molar-refractivity contribution is -0.116. The van der Waals surface area contributed by atoms with Crippen molar-refractivity contribution in [2.45, 2.75) is 19.9 Å². The molecule has 3 aromatic rings. The van der Waals surface area contributed by atoms with Crippen molar-refractivity contribution in [1.29, 1.82) is 0 Å². The van der Waals surface area contributed by atoms with E-state index in [0.29, 0.717) is 31.3 Å². The number of guanidine groups is 1. The topological polar surface area (TPSA) is 109 Å². The van der Waals surface area contributed by atoms with E-state index < -0.39 is 0 Å². The average Bonchev–Trinajstić information content (AvgIpc) is 3.09. The highest BCUT2D eigenvalue weighted by Crippen LogP contribution is 2.04. The van der Waals surface area contributed by atoms with Crippen LogP contribution in [-0.4, -0.2) is 45.0 Å². The Labute approximate surface area is 156 Å². The van der Waals surface area contributed by atoms with Gasteiger partial charge >= 0.3 is 0 Å². The first-order valence-electron chi connectivity index (χ1n) is 8.61. The highest BCUT2D eigenvalue weighted by molar-refractivity contribution is 5.90. The number of hydrogen-bond acceptors (Lipinski definition) is 5. The summed E-state index contributed by atoms with van der Waals surface area (Å²) >= 11 is 0. The molecule has 0 aromatic carbocycles. The van der Waals surface area contributed by atoms with Crippen LogP contribution in [0.4, 0.5) is 5.82 Å². The van der Waals surface area contributed by atoms with Crippen molar-refractivity contribution in [3.05, 3.63) is 54.1 Å². The van der Waals surface area contributed by atoms with Crippen LogP contribution < -0.4 is 16.0 Å². The molecule has 0 aliphatic rings. The zero-order valence-electron chi connectivity index (χ0n) is 15.3. The summed E-state index contributed by atoms with van der Waals surface area (Å²) in [7, 11) is 1.67. The van der Waals surface area contributed by atoms with Crippen molar-refractivity contribution in [1.82, 2.24) is 30.2 Å². The first kappa shape index (κ1) is 18.3. The third kappa shape index (κ3) is 5.00. The van der Waals surface area contributed by atoms with E-state index in [1.54, 1.807) is 19.3 Å². The fourth-order valence-corrected chi connectivity index (χ4v) is 2.44. The normalized spacial score (nSPS) is 11.4. The molecule has 9 heteroatoms. The van der Waals surface area contributed by atoms with Gasteiger partial charge in [-0.2, -0.15) is 0 Å². The first-order valence-corrected chi connectivity index (χ1v) is 8.61. The lowest BCUT2D eigenvalue weighted by atomic mass is 10.3. The van der Waals surface area contributed by atoms with Gasteiger partial charge in [-0.15, -0.1) is 10.2 Å². The Kier molecular flexibility index (Phi) is 5.93. The van der Waals surface area contributed by atoms with Gasteiger partial charge < -0.3 is 16.0 Å². The van der Waals surface area contributed by atoms with E-state index in [0.717, 1.165) is 17.0 Å². The van der Waals surface area contributed by atoms with Crippen molar-refractivity contribution >= 4 is 23.3 Å². The van der Waals surface area contributed by atoms with Gasteiger partial charge in [0.2, 0.25) is 5.91 Å². The second-order valence-corrected chi connectivity index (χ2v) is 5.92. The van der Waals surface area contributed by atoms with Gasteiger partial charge in [0.1, 0.15) is 5.82 Å². The van der Waals surface area contributed by atoms with E-state index in [9.17, 15) is 4.79 Å². The maximum atomic E-state index is 12.0.